The van der Waals surface area contributed by atoms with Gasteiger partial charge in [-0.25, -0.2) is 0 Å². The van der Waals surface area contributed by atoms with Crippen LogP contribution in [0.15, 0.2) is 0 Å². The van der Waals surface area contributed by atoms with Crippen LogP contribution >= 0.6 is 0 Å². The fourth-order valence-corrected chi connectivity index (χ4v) is 3.09. The number of rotatable bonds is 3. The molecular weight excluding hydrogens is 244 g/mol. The normalized spacial score (nSPS) is 23.3. The lowest BCUT2D eigenvalue weighted by molar-refractivity contribution is -0.146. The van der Waals surface area contributed by atoms with Gasteiger partial charge in [0, 0.05) is 13.0 Å². The number of esters is 1. The maximum absolute atomic E-state index is 11.7. The average Bonchev–Trinajstić information content (AvgIpc) is 3.06. The van der Waals surface area contributed by atoms with Gasteiger partial charge in [-0.1, -0.05) is 0 Å². The summed E-state index contributed by atoms with van der Waals surface area (Å²) in [7, 11) is 1.46. The topological polar surface area (TPSA) is 60.2 Å². The molecule has 104 valence electrons. The molecule has 6 heteroatoms. The lowest BCUT2D eigenvalue weighted by Gasteiger charge is -2.23. The van der Waals surface area contributed by atoms with Crippen molar-refractivity contribution in [2.24, 2.45) is 0 Å². The molecule has 0 bridgehead atoms. The maximum Gasteiger partial charge on any atom is 0.323 e. The molecule has 3 rings (SSSR count). The lowest BCUT2D eigenvalue weighted by atomic mass is 10.1. The van der Waals surface area contributed by atoms with E-state index in [1.54, 1.807) is 0 Å². The van der Waals surface area contributed by atoms with E-state index in [1.807, 2.05) is 0 Å². The average molecular weight is 264 g/mol. The molecule has 1 saturated heterocycles. The predicted octanol–water partition coefficient (Wildman–Crippen LogP) is 0.752. The third-order valence-electron chi connectivity index (χ3n) is 4.12. The molecule has 1 atom stereocenters. The van der Waals surface area contributed by atoms with Crippen molar-refractivity contribution in [1.82, 2.24) is 19.7 Å². The summed E-state index contributed by atoms with van der Waals surface area (Å²) in [5.74, 6) is 1.96. The lowest BCUT2D eigenvalue weighted by Crippen LogP contribution is -2.37. The number of fused-ring (bicyclic) bond motifs is 1. The summed E-state index contributed by atoms with van der Waals surface area (Å²) < 4.78 is 7.09. The quantitative estimate of drug-likeness (QED) is 0.754. The van der Waals surface area contributed by atoms with Gasteiger partial charge in [0.05, 0.1) is 13.7 Å². The molecule has 2 aliphatic heterocycles. The molecule has 2 aliphatic rings. The molecule has 6 nitrogen and oxygen atoms in total. The summed E-state index contributed by atoms with van der Waals surface area (Å²) in [6.07, 6.45) is 5.34. The number of aromatic nitrogens is 3. The van der Waals surface area contributed by atoms with Crippen molar-refractivity contribution in [2.75, 3.05) is 13.7 Å². The summed E-state index contributed by atoms with van der Waals surface area (Å²) in [6, 6.07) is -0.110. The molecule has 19 heavy (non-hydrogen) atoms. The molecule has 3 heterocycles. The summed E-state index contributed by atoms with van der Waals surface area (Å²) in [5, 5.41) is 8.56. The van der Waals surface area contributed by atoms with E-state index in [0.29, 0.717) is 6.54 Å². The molecule has 0 saturated carbocycles. The molecule has 0 amide bonds. The van der Waals surface area contributed by atoms with Crippen molar-refractivity contribution in [3.05, 3.63) is 11.6 Å². The Balaban J connectivity index is 1.74. The van der Waals surface area contributed by atoms with Gasteiger partial charge in [-0.2, -0.15) is 0 Å². The van der Waals surface area contributed by atoms with Gasteiger partial charge in [0.1, 0.15) is 17.7 Å². The number of hydrogen-bond donors (Lipinski definition) is 0. The largest absolute Gasteiger partial charge is 0.468 e. The van der Waals surface area contributed by atoms with Gasteiger partial charge >= 0.3 is 5.97 Å². The molecule has 0 aromatic carbocycles. The Bertz CT molecular complexity index is 471. The van der Waals surface area contributed by atoms with Gasteiger partial charge < -0.3 is 9.30 Å². The van der Waals surface area contributed by atoms with E-state index in [2.05, 4.69) is 19.7 Å². The van der Waals surface area contributed by atoms with Crippen molar-refractivity contribution in [2.45, 2.75) is 51.2 Å². The Kier molecular flexibility index (Phi) is 3.50. The zero-order chi connectivity index (χ0) is 13.2. The van der Waals surface area contributed by atoms with Gasteiger partial charge in [0.15, 0.2) is 0 Å². The Morgan fingerprint density at radius 1 is 1.32 bits per heavy atom. The number of methoxy groups -OCH3 is 1. The van der Waals surface area contributed by atoms with Crippen molar-refractivity contribution < 1.29 is 9.53 Å². The monoisotopic (exact) mass is 264 g/mol. The first-order chi connectivity index (χ1) is 9.29. The van der Waals surface area contributed by atoms with Crippen LogP contribution in [0.3, 0.4) is 0 Å². The van der Waals surface area contributed by atoms with Crippen LogP contribution in [0.5, 0.6) is 0 Å². The molecular formula is C13H20N4O2. The summed E-state index contributed by atoms with van der Waals surface area (Å²) in [6.45, 7) is 2.64. The standard InChI is InChI=1S/C13H20N4O2/c1-19-13(18)10-5-4-7-16(10)9-12-15-14-11-6-2-3-8-17(11)12/h10H,2-9H2,1H3. The second kappa shape index (κ2) is 5.28. The first-order valence-electron chi connectivity index (χ1n) is 7.02. The van der Waals surface area contributed by atoms with Crippen LogP contribution in [0.1, 0.15) is 37.3 Å². The first kappa shape index (κ1) is 12.6. The molecule has 0 spiro atoms. The predicted molar refractivity (Wildman–Crippen MR) is 68.4 cm³/mol. The Hall–Kier alpha value is -1.43. The highest BCUT2D eigenvalue weighted by atomic mass is 16.5. The molecule has 1 aromatic rings. The minimum atomic E-state index is -0.129. The Morgan fingerprint density at radius 3 is 3.05 bits per heavy atom. The zero-order valence-electron chi connectivity index (χ0n) is 11.3. The molecule has 0 radical (unpaired) electrons. The van der Waals surface area contributed by atoms with E-state index in [0.717, 1.165) is 44.0 Å². The fraction of sp³-hybridized carbons (Fsp3) is 0.769. The first-order valence-corrected chi connectivity index (χ1v) is 7.02. The zero-order valence-corrected chi connectivity index (χ0v) is 11.3. The van der Waals surface area contributed by atoms with Gasteiger partial charge in [0.2, 0.25) is 0 Å². The van der Waals surface area contributed by atoms with E-state index in [-0.39, 0.29) is 12.0 Å². The highest BCUT2D eigenvalue weighted by Gasteiger charge is 2.32. The van der Waals surface area contributed by atoms with E-state index in [9.17, 15) is 4.79 Å². The molecule has 0 N–H and O–H groups in total. The van der Waals surface area contributed by atoms with Crippen molar-refractivity contribution >= 4 is 5.97 Å². The van der Waals surface area contributed by atoms with Crippen LogP contribution in [0, 0.1) is 0 Å². The second-order valence-electron chi connectivity index (χ2n) is 5.29. The summed E-state index contributed by atoms with van der Waals surface area (Å²) in [5.41, 5.74) is 0. The Labute approximate surface area is 112 Å². The maximum atomic E-state index is 11.7. The number of hydrogen-bond acceptors (Lipinski definition) is 5. The van der Waals surface area contributed by atoms with Crippen molar-refractivity contribution in [1.29, 1.82) is 0 Å². The SMILES string of the molecule is COC(=O)C1CCCN1Cc1nnc2n1CCCC2. The summed E-state index contributed by atoms with van der Waals surface area (Å²) in [4.78, 5) is 13.9. The second-order valence-corrected chi connectivity index (χ2v) is 5.29. The third kappa shape index (κ3) is 2.36. The highest BCUT2D eigenvalue weighted by Crippen LogP contribution is 2.22. The number of carbonyl (C=O) groups is 1. The van der Waals surface area contributed by atoms with Crippen LogP contribution in [0.25, 0.3) is 0 Å². The van der Waals surface area contributed by atoms with Gasteiger partial charge in [-0.05, 0) is 32.2 Å². The van der Waals surface area contributed by atoms with Gasteiger partial charge in [0.25, 0.3) is 0 Å². The van der Waals surface area contributed by atoms with Crippen LogP contribution in [-0.4, -0.2) is 45.3 Å². The third-order valence-corrected chi connectivity index (χ3v) is 4.12. The summed E-state index contributed by atoms with van der Waals surface area (Å²) >= 11 is 0. The Morgan fingerprint density at radius 2 is 2.21 bits per heavy atom. The number of ether oxygens (including phenoxy) is 1. The smallest absolute Gasteiger partial charge is 0.323 e. The van der Waals surface area contributed by atoms with E-state index in [1.165, 1.54) is 20.0 Å². The molecule has 1 fully saturated rings. The fourth-order valence-electron chi connectivity index (χ4n) is 3.09. The highest BCUT2D eigenvalue weighted by molar-refractivity contribution is 5.75. The van der Waals surface area contributed by atoms with Crippen LogP contribution in [0.2, 0.25) is 0 Å². The molecule has 1 unspecified atom stereocenters. The number of nitrogens with zero attached hydrogens (tertiary/aromatic N) is 4. The number of carbonyl (C=O) groups excluding carboxylic acids is 1. The minimum Gasteiger partial charge on any atom is -0.468 e. The molecule has 0 aliphatic carbocycles. The molecule has 1 aromatic heterocycles. The van der Waals surface area contributed by atoms with Crippen LogP contribution in [-0.2, 0) is 29.0 Å². The number of likely N-dealkylation sites (tertiary alicyclic amines) is 1. The van der Waals surface area contributed by atoms with Crippen LogP contribution in [0.4, 0.5) is 0 Å². The van der Waals surface area contributed by atoms with Gasteiger partial charge in [-0.15, -0.1) is 10.2 Å². The van der Waals surface area contributed by atoms with E-state index < -0.39 is 0 Å². The van der Waals surface area contributed by atoms with E-state index >= 15 is 0 Å². The van der Waals surface area contributed by atoms with Gasteiger partial charge in [-0.3, -0.25) is 9.69 Å². The number of aryl methyl sites for hydroxylation is 1. The van der Waals surface area contributed by atoms with Crippen LogP contribution < -0.4 is 0 Å². The van der Waals surface area contributed by atoms with Crippen molar-refractivity contribution in [3.8, 4) is 0 Å². The minimum absolute atomic E-state index is 0.110. The van der Waals surface area contributed by atoms with Crippen molar-refractivity contribution in [3.63, 3.8) is 0 Å². The van der Waals surface area contributed by atoms with E-state index in [4.69, 9.17) is 4.74 Å².